The molecule has 0 fully saturated rings. The van der Waals surface area contributed by atoms with E-state index in [1.165, 1.54) is 0 Å². The minimum atomic E-state index is 0.459. The van der Waals surface area contributed by atoms with E-state index in [9.17, 15) is 4.79 Å². The van der Waals surface area contributed by atoms with Crippen LogP contribution in [0.25, 0.3) is 0 Å². The minimum Gasteiger partial charge on any atom is -0.488 e. The molecule has 17 heavy (non-hydrogen) atoms. The number of para-hydroxylation sites is 1. The third-order valence-electron chi connectivity index (χ3n) is 2.20. The second kappa shape index (κ2) is 7.85. The van der Waals surface area contributed by atoms with Gasteiger partial charge in [-0.3, -0.25) is 4.79 Å². The Labute approximate surface area is 110 Å². The Kier molecular flexibility index (Phi) is 6.33. The fourth-order valence-electron chi connectivity index (χ4n) is 1.45. The van der Waals surface area contributed by atoms with Crippen LogP contribution >= 0.6 is 15.9 Å². The molecule has 0 atom stereocenters. The van der Waals surface area contributed by atoms with Crippen molar-refractivity contribution < 1.29 is 9.53 Å². The Morgan fingerprint density at radius 2 is 2.18 bits per heavy atom. The van der Waals surface area contributed by atoms with Crippen molar-refractivity contribution in [3.63, 3.8) is 0 Å². The zero-order valence-electron chi connectivity index (χ0n) is 9.56. The van der Waals surface area contributed by atoms with E-state index in [1.807, 2.05) is 24.3 Å². The first-order valence-corrected chi connectivity index (χ1v) is 6.47. The quantitative estimate of drug-likeness (QED) is 0.437. The van der Waals surface area contributed by atoms with Crippen LogP contribution in [0.15, 0.2) is 43.0 Å². The zero-order chi connectivity index (χ0) is 12.5. The molecule has 1 rings (SSSR count). The van der Waals surface area contributed by atoms with E-state index in [-0.39, 0.29) is 0 Å². The molecule has 0 N–H and O–H groups in total. The van der Waals surface area contributed by atoms with Gasteiger partial charge in [0.25, 0.3) is 0 Å². The summed E-state index contributed by atoms with van der Waals surface area (Å²) < 4.78 is 5.63. The van der Waals surface area contributed by atoms with Crippen LogP contribution in [0.2, 0.25) is 0 Å². The van der Waals surface area contributed by atoms with Crippen LogP contribution < -0.4 is 4.74 Å². The summed E-state index contributed by atoms with van der Waals surface area (Å²) in [6, 6.07) is 5.55. The number of carbonyl (C=O) groups excluding carboxylic acids is 1. The Morgan fingerprint density at radius 3 is 2.82 bits per heavy atom. The molecule has 2 nitrogen and oxygen atoms in total. The molecular formula is C14H15BrO2. The number of allylic oxidation sites excluding steroid dienone is 2. The normalized spacial score (nSPS) is 10.4. The smallest absolute Gasteiger partial charge is 0.153 e. The minimum absolute atomic E-state index is 0.459. The Morgan fingerprint density at radius 1 is 1.35 bits per heavy atom. The summed E-state index contributed by atoms with van der Waals surface area (Å²) in [4.78, 5) is 10.9. The number of rotatable bonds is 7. The van der Waals surface area contributed by atoms with Gasteiger partial charge in [0, 0.05) is 5.33 Å². The van der Waals surface area contributed by atoms with Crippen molar-refractivity contribution in [2.24, 2.45) is 0 Å². The highest BCUT2D eigenvalue weighted by Crippen LogP contribution is 2.23. The van der Waals surface area contributed by atoms with Gasteiger partial charge in [-0.25, -0.2) is 0 Å². The summed E-state index contributed by atoms with van der Waals surface area (Å²) in [6.45, 7) is 4.16. The van der Waals surface area contributed by atoms with Gasteiger partial charge >= 0.3 is 0 Å². The molecule has 0 bridgehead atoms. The first-order valence-electron chi connectivity index (χ1n) is 5.35. The second-order valence-corrected chi connectivity index (χ2v) is 4.03. The van der Waals surface area contributed by atoms with Crippen LogP contribution in [0.5, 0.6) is 5.75 Å². The maximum absolute atomic E-state index is 10.9. The third kappa shape index (κ3) is 4.19. The van der Waals surface area contributed by atoms with Crippen LogP contribution in [-0.4, -0.2) is 18.2 Å². The molecule has 0 aliphatic heterocycles. The molecule has 0 aliphatic rings. The lowest BCUT2D eigenvalue weighted by molar-refractivity contribution is 0.112. The molecular weight excluding hydrogens is 280 g/mol. The Balaban J connectivity index is 2.88. The molecule has 1 aromatic carbocycles. The zero-order valence-corrected chi connectivity index (χ0v) is 11.2. The molecule has 0 saturated carbocycles. The summed E-state index contributed by atoms with van der Waals surface area (Å²) in [5.74, 6) is 0.654. The SMILES string of the molecule is C=CCc1cccc(C=O)c1OCC=CCBr. The number of hydrogen-bond acceptors (Lipinski definition) is 2. The molecule has 1 aromatic rings. The number of ether oxygens (including phenoxy) is 1. The van der Waals surface area contributed by atoms with Gasteiger partial charge in [0.15, 0.2) is 6.29 Å². The van der Waals surface area contributed by atoms with Gasteiger partial charge in [-0.2, -0.15) is 0 Å². The summed E-state index contributed by atoms with van der Waals surface area (Å²) in [6.07, 6.45) is 7.17. The van der Waals surface area contributed by atoms with Gasteiger partial charge in [-0.05, 0) is 18.1 Å². The molecule has 0 spiro atoms. The largest absolute Gasteiger partial charge is 0.488 e. The average Bonchev–Trinajstić information content (AvgIpc) is 2.36. The lowest BCUT2D eigenvalue weighted by Crippen LogP contribution is -2.01. The molecule has 0 amide bonds. The van der Waals surface area contributed by atoms with Crippen LogP contribution in [0, 0.1) is 0 Å². The molecule has 0 unspecified atom stereocenters. The van der Waals surface area contributed by atoms with E-state index in [0.29, 0.717) is 24.3 Å². The van der Waals surface area contributed by atoms with E-state index >= 15 is 0 Å². The van der Waals surface area contributed by atoms with Gasteiger partial charge < -0.3 is 4.74 Å². The van der Waals surface area contributed by atoms with Crippen molar-refractivity contribution in [3.05, 3.63) is 54.1 Å². The fourth-order valence-corrected chi connectivity index (χ4v) is 1.72. The molecule has 0 aromatic heterocycles. The summed E-state index contributed by atoms with van der Waals surface area (Å²) >= 11 is 3.29. The van der Waals surface area contributed by atoms with Crippen molar-refractivity contribution in [1.82, 2.24) is 0 Å². The summed E-state index contributed by atoms with van der Waals surface area (Å²) in [5.41, 5.74) is 1.56. The highest BCUT2D eigenvalue weighted by molar-refractivity contribution is 9.09. The third-order valence-corrected chi connectivity index (χ3v) is 2.57. The van der Waals surface area contributed by atoms with Crippen molar-refractivity contribution in [2.75, 3.05) is 11.9 Å². The predicted octanol–water partition coefficient (Wildman–Crippen LogP) is 3.56. The van der Waals surface area contributed by atoms with E-state index in [2.05, 4.69) is 22.5 Å². The molecule has 3 heteroatoms. The first-order chi connectivity index (χ1) is 8.33. The van der Waals surface area contributed by atoms with Gasteiger partial charge in [-0.15, -0.1) is 6.58 Å². The Hall–Kier alpha value is -1.35. The van der Waals surface area contributed by atoms with Gasteiger partial charge in [-0.1, -0.05) is 46.3 Å². The van der Waals surface area contributed by atoms with Gasteiger partial charge in [0.1, 0.15) is 12.4 Å². The van der Waals surface area contributed by atoms with Crippen molar-refractivity contribution in [3.8, 4) is 5.75 Å². The predicted molar refractivity (Wildman–Crippen MR) is 74.2 cm³/mol. The van der Waals surface area contributed by atoms with Gasteiger partial charge in [0.2, 0.25) is 0 Å². The lowest BCUT2D eigenvalue weighted by atomic mass is 10.1. The van der Waals surface area contributed by atoms with E-state index in [4.69, 9.17) is 4.74 Å². The number of carbonyl (C=O) groups is 1. The summed E-state index contributed by atoms with van der Waals surface area (Å²) in [7, 11) is 0. The van der Waals surface area contributed by atoms with Crippen molar-refractivity contribution >= 4 is 22.2 Å². The highest BCUT2D eigenvalue weighted by atomic mass is 79.9. The average molecular weight is 295 g/mol. The van der Waals surface area contributed by atoms with Crippen LogP contribution in [0.3, 0.4) is 0 Å². The maximum atomic E-state index is 10.9. The van der Waals surface area contributed by atoms with Crippen molar-refractivity contribution in [2.45, 2.75) is 6.42 Å². The van der Waals surface area contributed by atoms with E-state index in [0.717, 1.165) is 17.2 Å². The van der Waals surface area contributed by atoms with Crippen molar-refractivity contribution in [1.29, 1.82) is 0 Å². The van der Waals surface area contributed by atoms with Crippen LogP contribution in [0.1, 0.15) is 15.9 Å². The van der Waals surface area contributed by atoms with Gasteiger partial charge in [0.05, 0.1) is 5.56 Å². The van der Waals surface area contributed by atoms with Crippen LogP contribution in [0.4, 0.5) is 0 Å². The molecule has 0 saturated heterocycles. The van der Waals surface area contributed by atoms with E-state index in [1.54, 1.807) is 12.1 Å². The first kappa shape index (κ1) is 13.7. The molecule has 90 valence electrons. The number of hydrogen-bond donors (Lipinski definition) is 0. The number of alkyl halides is 1. The maximum Gasteiger partial charge on any atom is 0.153 e. The number of halogens is 1. The monoisotopic (exact) mass is 294 g/mol. The second-order valence-electron chi connectivity index (χ2n) is 3.38. The molecule has 0 heterocycles. The Bertz CT molecular complexity index is 411. The van der Waals surface area contributed by atoms with Crippen LogP contribution in [-0.2, 0) is 6.42 Å². The number of benzene rings is 1. The fraction of sp³-hybridized carbons (Fsp3) is 0.214. The topological polar surface area (TPSA) is 26.3 Å². The molecule has 0 aliphatic carbocycles. The van der Waals surface area contributed by atoms with E-state index < -0.39 is 0 Å². The summed E-state index contributed by atoms with van der Waals surface area (Å²) in [5, 5.41) is 0.797. The molecule has 0 radical (unpaired) electrons. The standard InChI is InChI=1S/C14H15BrO2/c1-2-6-12-7-5-8-13(11-16)14(12)17-10-4-3-9-15/h2-5,7-8,11H,1,6,9-10H2. The highest BCUT2D eigenvalue weighted by Gasteiger charge is 2.07. The number of aldehydes is 1. The lowest BCUT2D eigenvalue weighted by Gasteiger charge is -2.11.